The van der Waals surface area contributed by atoms with Crippen LogP contribution in [0.1, 0.15) is 47.5 Å². The van der Waals surface area contributed by atoms with Crippen molar-refractivity contribution in [2.24, 2.45) is 5.73 Å². The molecule has 0 atom stereocenters. The molecule has 0 aliphatic rings. The largest absolute Gasteiger partial charge is 0.417 e. The smallest absolute Gasteiger partial charge is 0.191 e. The highest BCUT2D eigenvalue weighted by atomic mass is 28.4. The fourth-order valence-corrected chi connectivity index (χ4v) is 2.16. The highest BCUT2D eigenvalue weighted by Crippen LogP contribution is 2.36. The van der Waals surface area contributed by atoms with Gasteiger partial charge in [-0.15, -0.1) is 0 Å². The van der Waals surface area contributed by atoms with Gasteiger partial charge < -0.3 is 10.2 Å². The van der Waals surface area contributed by atoms with Crippen LogP contribution in [0.3, 0.4) is 0 Å². The van der Waals surface area contributed by atoms with E-state index in [2.05, 4.69) is 47.7 Å². The standard InChI is InChI=1S/C12H29NOSi/c1-11(2,3)15(6,7)14-10-8-9-12(4,5)13/h8-10,13H2,1-7H3. The molecule has 15 heavy (non-hydrogen) atoms. The predicted octanol–water partition coefficient (Wildman–Crippen LogP) is 3.53. The summed E-state index contributed by atoms with van der Waals surface area (Å²) < 4.78 is 6.07. The third-order valence-corrected chi connectivity index (χ3v) is 7.77. The number of nitrogens with two attached hydrogens (primary N) is 1. The molecular weight excluding hydrogens is 202 g/mol. The normalized spacial score (nSPS) is 14.4. The minimum atomic E-state index is -1.54. The lowest BCUT2D eigenvalue weighted by Crippen LogP contribution is -2.41. The van der Waals surface area contributed by atoms with Crippen molar-refractivity contribution < 1.29 is 4.43 Å². The van der Waals surface area contributed by atoms with Crippen molar-refractivity contribution in [1.82, 2.24) is 0 Å². The zero-order chi connectivity index (χ0) is 12.3. The van der Waals surface area contributed by atoms with Crippen LogP contribution in [0.2, 0.25) is 18.1 Å². The maximum Gasteiger partial charge on any atom is 0.191 e. The molecule has 0 aromatic carbocycles. The van der Waals surface area contributed by atoms with E-state index in [1.54, 1.807) is 0 Å². The van der Waals surface area contributed by atoms with E-state index >= 15 is 0 Å². The summed E-state index contributed by atoms with van der Waals surface area (Å²) in [6, 6.07) is 0. The van der Waals surface area contributed by atoms with Gasteiger partial charge in [0.15, 0.2) is 8.32 Å². The second-order valence-electron chi connectivity index (χ2n) is 6.70. The molecule has 0 rings (SSSR count). The van der Waals surface area contributed by atoms with Gasteiger partial charge in [-0.25, -0.2) is 0 Å². The molecule has 0 amide bonds. The molecule has 2 nitrogen and oxygen atoms in total. The molecule has 0 saturated carbocycles. The Labute approximate surface area is 96.7 Å². The van der Waals surface area contributed by atoms with Gasteiger partial charge in [0, 0.05) is 12.1 Å². The van der Waals surface area contributed by atoms with Crippen molar-refractivity contribution in [1.29, 1.82) is 0 Å². The first-order valence-electron chi connectivity index (χ1n) is 5.89. The van der Waals surface area contributed by atoms with Crippen molar-refractivity contribution in [2.75, 3.05) is 6.61 Å². The van der Waals surface area contributed by atoms with Gasteiger partial charge in [0.25, 0.3) is 0 Å². The van der Waals surface area contributed by atoms with Crippen LogP contribution in [0.25, 0.3) is 0 Å². The summed E-state index contributed by atoms with van der Waals surface area (Å²) in [5, 5.41) is 0.311. The third kappa shape index (κ3) is 6.33. The topological polar surface area (TPSA) is 35.2 Å². The van der Waals surface area contributed by atoms with E-state index in [0.29, 0.717) is 5.04 Å². The summed E-state index contributed by atoms with van der Waals surface area (Å²) >= 11 is 0. The Balaban J connectivity index is 3.87. The summed E-state index contributed by atoms with van der Waals surface area (Å²) in [4.78, 5) is 0. The summed E-state index contributed by atoms with van der Waals surface area (Å²) in [6.45, 7) is 16.4. The van der Waals surface area contributed by atoms with Crippen LogP contribution in [0, 0.1) is 0 Å². The quantitative estimate of drug-likeness (QED) is 0.580. The molecule has 0 radical (unpaired) electrons. The van der Waals surface area contributed by atoms with Crippen LogP contribution >= 0.6 is 0 Å². The highest BCUT2D eigenvalue weighted by Gasteiger charge is 2.36. The monoisotopic (exact) mass is 231 g/mol. The average molecular weight is 231 g/mol. The Hall–Kier alpha value is 0.137. The SMILES string of the molecule is CC(C)(N)CCCO[Si](C)(C)C(C)(C)C. The van der Waals surface area contributed by atoms with Crippen molar-refractivity contribution in [3.8, 4) is 0 Å². The Bertz CT molecular complexity index is 189. The van der Waals surface area contributed by atoms with E-state index in [9.17, 15) is 0 Å². The highest BCUT2D eigenvalue weighted by molar-refractivity contribution is 6.74. The molecule has 0 aliphatic heterocycles. The maximum atomic E-state index is 6.07. The molecule has 0 spiro atoms. The van der Waals surface area contributed by atoms with Crippen molar-refractivity contribution in [3.63, 3.8) is 0 Å². The van der Waals surface area contributed by atoms with Crippen LogP contribution in [0.15, 0.2) is 0 Å². The fourth-order valence-electron chi connectivity index (χ4n) is 1.07. The molecule has 3 heteroatoms. The van der Waals surface area contributed by atoms with Gasteiger partial charge in [0.1, 0.15) is 0 Å². The Morgan fingerprint density at radius 1 is 1.07 bits per heavy atom. The lowest BCUT2D eigenvalue weighted by atomic mass is 10.0. The second kappa shape index (κ2) is 4.98. The first kappa shape index (κ1) is 15.1. The van der Waals surface area contributed by atoms with E-state index < -0.39 is 8.32 Å². The molecule has 0 bridgehead atoms. The van der Waals surface area contributed by atoms with Crippen LogP contribution < -0.4 is 5.73 Å². The molecule has 0 saturated heterocycles. The van der Waals surface area contributed by atoms with E-state index in [4.69, 9.17) is 10.2 Å². The lowest BCUT2D eigenvalue weighted by Gasteiger charge is -2.36. The van der Waals surface area contributed by atoms with E-state index in [-0.39, 0.29) is 5.54 Å². The summed E-state index contributed by atoms with van der Waals surface area (Å²) in [6.07, 6.45) is 2.09. The van der Waals surface area contributed by atoms with Crippen molar-refractivity contribution in [2.45, 2.75) is 71.1 Å². The molecule has 0 aromatic rings. The summed E-state index contributed by atoms with van der Waals surface area (Å²) in [5.41, 5.74) is 5.87. The number of rotatable bonds is 5. The van der Waals surface area contributed by atoms with Crippen LogP contribution in [0.5, 0.6) is 0 Å². The van der Waals surface area contributed by atoms with Crippen LogP contribution in [-0.2, 0) is 4.43 Å². The minimum absolute atomic E-state index is 0.0587. The second-order valence-corrected chi connectivity index (χ2v) is 11.5. The first-order valence-corrected chi connectivity index (χ1v) is 8.79. The van der Waals surface area contributed by atoms with Gasteiger partial charge in [-0.2, -0.15) is 0 Å². The third-order valence-electron chi connectivity index (χ3n) is 3.23. The minimum Gasteiger partial charge on any atom is -0.417 e. The fraction of sp³-hybridized carbons (Fsp3) is 1.00. The Morgan fingerprint density at radius 3 is 1.87 bits per heavy atom. The van der Waals surface area contributed by atoms with E-state index in [1.807, 2.05) is 0 Å². The summed E-state index contributed by atoms with van der Waals surface area (Å²) in [5.74, 6) is 0. The van der Waals surface area contributed by atoms with E-state index in [0.717, 1.165) is 19.4 Å². The molecule has 0 unspecified atom stereocenters. The van der Waals surface area contributed by atoms with Gasteiger partial charge in [-0.1, -0.05) is 20.8 Å². The summed E-state index contributed by atoms with van der Waals surface area (Å²) in [7, 11) is -1.54. The average Bonchev–Trinajstić information content (AvgIpc) is 1.94. The van der Waals surface area contributed by atoms with Gasteiger partial charge in [-0.05, 0) is 44.8 Å². The Kier molecular flexibility index (Phi) is 5.02. The number of hydrogen-bond acceptors (Lipinski definition) is 2. The van der Waals surface area contributed by atoms with Gasteiger partial charge in [-0.3, -0.25) is 0 Å². The van der Waals surface area contributed by atoms with Gasteiger partial charge in [0.05, 0.1) is 0 Å². The lowest BCUT2D eigenvalue weighted by molar-refractivity contribution is 0.266. The van der Waals surface area contributed by atoms with Crippen LogP contribution in [0.4, 0.5) is 0 Å². The molecule has 2 N–H and O–H groups in total. The molecule has 0 fully saturated rings. The van der Waals surface area contributed by atoms with Gasteiger partial charge >= 0.3 is 0 Å². The molecular formula is C12H29NOSi. The van der Waals surface area contributed by atoms with Crippen molar-refractivity contribution >= 4 is 8.32 Å². The first-order chi connectivity index (χ1) is 6.46. The molecule has 0 aliphatic carbocycles. The zero-order valence-corrected chi connectivity index (χ0v) is 12.6. The Morgan fingerprint density at radius 2 is 1.53 bits per heavy atom. The van der Waals surface area contributed by atoms with Crippen molar-refractivity contribution in [3.05, 3.63) is 0 Å². The zero-order valence-electron chi connectivity index (χ0n) is 11.6. The molecule has 92 valence electrons. The van der Waals surface area contributed by atoms with Crippen LogP contribution in [-0.4, -0.2) is 20.5 Å². The predicted molar refractivity (Wildman–Crippen MR) is 70.6 cm³/mol. The van der Waals surface area contributed by atoms with Gasteiger partial charge in [0.2, 0.25) is 0 Å². The van der Waals surface area contributed by atoms with E-state index in [1.165, 1.54) is 0 Å². The molecule has 0 heterocycles. The number of hydrogen-bond donors (Lipinski definition) is 1. The maximum absolute atomic E-state index is 6.07. The molecule has 0 aromatic heterocycles.